The van der Waals surface area contributed by atoms with E-state index in [1.807, 2.05) is 0 Å². The molecule has 0 fully saturated rings. The molecular weight excluding hydrogens is 158 g/mol. The van der Waals surface area contributed by atoms with Gasteiger partial charge in [-0.2, -0.15) is 0 Å². The van der Waals surface area contributed by atoms with Crippen LogP contribution in [-0.2, 0) is 9.59 Å². The molecule has 0 rings (SSSR count). The molecule has 0 radical (unpaired) electrons. The largest absolute Gasteiger partial charge is 0.478 e. The highest BCUT2D eigenvalue weighted by molar-refractivity contribution is 5.84. The Kier molecular flexibility index (Phi) is 18.0. The van der Waals surface area contributed by atoms with Crippen molar-refractivity contribution in [3.05, 3.63) is 25.3 Å². The highest BCUT2D eigenvalue weighted by Crippen LogP contribution is 1.54. The normalized spacial score (nSPS) is 5.82. The maximum absolute atomic E-state index is 9.47. The maximum Gasteiger partial charge on any atom is 0.327 e. The van der Waals surface area contributed by atoms with E-state index >= 15 is 0 Å². The summed E-state index contributed by atoms with van der Waals surface area (Å²) < 4.78 is 0. The predicted octanol–water partition coefficient (Wildman–Crippen LogP) is -1.00. The molecule has 0 aliphatic carbocycles. The van der Waals surface area contributed by atoms with Crippen molar-refractivity contribution in [3.63, 3.8) is 0 Å². The van der Waals surface area contributed by atoms with Crippen LogP contribution in [0.4, 0.5) is 0 Å². The number of primary amides is 1. The number of amides is 1. The fourth-order valence-electron chi connectivity index (χ4n) is 0. The molecule has 5 heteroatoms. The second-order valence-corrected chi connectivity index (χ2v) is 1.15. The van der Waals surface area contributed by atoms with Crippen molar-refractivity contribution in [2.45, 2.75) is 0 Å². The smallest absolute Gasteiger partial charge is 0.327 e. The van der Waals surface area contributed by atoms with E-state index in [2.05, 4.69) is 18.9 Å². The van der Waals surface area contributed by atoms with Crippen molar-refractivity contribution < 1.29 is 14.7 Å². The second-order valence-electron chi connectivity index (χ2n) is 1.15. The standard InChI is InChI=1S/C3H5NO.C3H4O2.Mg.2H/c2*1-2-3(4)5;;;/h2H,1H2,(H2,4,5);2H,1H2,(H,4,5);;;. The van der Waals surface area contributed by atoms with Crippen LogP contribution in [0.5, 0.6) is 0 Å². The summed E-state index contributed by atoms with van der Waals surface area (Å²) in [5, 5.41) is 7.60. The van der Waals surface area contributed by atoms with Gasteiger partial charge in [0.05, 0.1) is 0 Å². The fraction of sp³-hybridized carbons (Fsp3) is 0. The first-order chi connectivity index (χ1) is 4.54. The molecule has 1 amide bonds. The van der Waals surface area contributed by atoms with Crippen LogP contribution in [0.15, 0.2) is 25.3 Å². The van der Waals surface area contributed by atoms with Crippen LogP contribution in [0.2, 0.25) is 0 Å². The van der Waals surface area contributed by atoms with Crippen molar-refractivity contribution >= 4 is 34.9 Å². The van der Waals surface area contributed by atoms with Gasteiger partial charge in [-0.25, -0.2) is 4.79 Å². The maximum atomic E-state index is 9.47. The lowest BCUT2D eigenvalue weighted by atomic mass is 10.6. The summed E-state index contributed by atoms with van der Waals surface area (Å²) in [5.74, 6) is -1.46. The molecule has 0 aromatic carbocycles. The van der Waals surface area contributed by atoms with Crippen LogP contribution < -0.4 is 5.73 Å². The molecule has 0 saturated carbocycles. The number of nitrogens with two attached hydrogens (primary N) is 1. The minimum atomic E-state index is -0.981. The molecule has 0 saturated heterocycles. The highest BCUT2D eigenvalue weighted by atomic mass is 24.3. The predicted molar refractivity (Wildman–Crippen MR) is 45.8 cm³/mol. The average molecular weight is 169 g/mol. The van der Waals surface area contributed by atoms with Crippen LogP contribution >= 0.6 is 0 Å². The highest BCUT2D eigenvalue weighted by Gasteiger charge is 1.73. The lowest BCUT2D eigenvalue weighted by Crippen LogP contribution is -2.04. The first-order valence-corrected chi connectivity index (χ1v) is 2.31. The Labute approximate surface area is 80.9 Å². The molecule has 4 nitrogen and oxygen atoms in total. The Morgan fingerprint density at radius 1 is 1.27 bits per heavy atom. The number of carbonyl (C=O) groups excluding carboxylic acids is 1. The van der Waals surface area contributed by atoms with Gasteiger partial charge in [0.1, 0.15) is 0 Å². The molecule has 0 heterocycles. The van der Waals surface area contributed by atoms with Crippen LogP contribution in [0.25, 0.3) is 0 Å². The SMILES string of the molecule is C=CC(=O)O.C=CC(N)=O.[MgH2]. The van der Waals surface area contributed by atoms with Gasteiger partial charge in [-0.15, -0.1) is 0 Å². The molecule has 0 bridgehead atoms. The Balaban J connectivity index is -0.000000107. The third-order valence-electron chi connectivity index (χ3n) is 0.376. The van der Waals surface area contributed by atoms with Gasteiger partial charge in [-0.1, -0.05) is 13.2 Å². The van der Waals surface area contributed by atoms with Crippen molar-refractivity contribution in [3.8, 4) is 0 Å². The molecule has 0 aromatic heterocycles. The van der Waals surface area contributed by atoms with Crippen molar-refractivity contribution in [1.82, 2.24) is 0 Å². The number of hydrogen-bond donors (Lipinski definition) is 2. The van der Waals surface area contributed by atoms with Gasteiger partial charge >= 0.3 is 29.0 Å². The first kappa shape index (κ1) is 16.6. The third-order valence-corrected chi connectivity index (χ3v) is 0.376. The number of rotatable bonds is 2. The summed E-state index contributed by atoms with van der Waals surface area (Å²) in [6, 6.07) is 0. The number of hydrogen-bond acceptors (Lipinski definition) is 2. The summed E-state index contributed by atoms with van der Waals surface area (Å²) in [4.78, 5) is 18.7. The van der Waals surface area contributed by atoms with Gasteiger partial charge in [0.15, 0.2) is 0 Å². The minimum Gasteiger partial charge on any atom is -0.478 e. The summed E-state index contributed by atoms with van der Waals surface area (Å²) >= 11 is 0. The number of carboxylic acids is 1. The zero-order chi connectivity index (χ0) is 8.57. The molecule has 0 aliphatic heterocycles. The lowest BCUT2D eigenvalue weighted by Gasteiger charge is -1.65. The van der Waals surface area contributed by atoms with E-state index in [9.17, 15) is 9.59 Å². The number of carbonyl (C=O) groups is 2. The van der Waals surface area contributed by atoms with E-state index in [0.29, 0.717) is 0 Å². The molecule has 0 spiro atoms. The summed E-state index contributed by atoms with van der Waals surface area (Å²) in [5.41, 5.74) is 4.53. The van der Waals surface area contributed by atoms with Gasteiger partial charge in [-0.05, 0) is 6.08 Å². The number of carboxylic acid groups (broad SMARTS) is 1. The second kappa shape index (κ2) is 11.9. The quantitative estimate of drug-likeness (QED) is 0.411. The molecule has 0 unspecified atom stereocenters. The lowest BCUT2D eigenvalue weighted by molar-refractivity contribution is -0.131. The van der Waals surface area contributed by atoms with Gasteiger partial charge in [0, 0.05) is 6.08 Å². The van der Waals surface area contributed by atoms with Crippen molar-refractivity contribution in [2.75, 3.05) is 0 Å². The van der Waals surface area contributed by atoms with Crippen LogP contribution in [0, 0.1) is 0 Å². The molecule has 0 aromatic rings. The van der Waals surface area contributed by atoms with E-state index in [4.69, 9.17) is 5.11 Å². The van der Waals surface area contributed by atoms with Gasteiger partial charge in [-0.3, -0.25) is 4.79 Å². The molecule has 3 N–H and O–H groups in total. The zero-order valence-electron chi connectivity index (χ0n) is 5.41. The minimum absolute atomic E-state index is 0. The first-order valence-electron chi connectivity index (χ1n) is 2.31. The van der Waals surface area contributed by atoms with Gasteiger partial charge in [0.25, 0.3) is 0 Å². The Bertz CT molecular complexity index is 138. The van der Waals surface area contributed by atoms with E-state index in [0.717, 1.165) is 12.2 Å². The Morgan fingerprint density at radius 2 is 1.45 bits per heavy atom. The molecule has 0 atom stereocenters. The molecular formula is C6H11MgNO3. The summed E-state index contributed by atoms with van der Waals surface area (Å²) in [6.45, 7) is 6.05. The Hall–Kier alpha value is -0.814. The van der Waals surface area contributed by atoms with Crippen molar-refractivity contribution in [1.29, 1.82) is 0 Å². The van der Waals surface area contributed by atoms with E-state index in [1.165, 1.54) is 0 Å². The fourth-order valence-corrected chi connectivity index (χ4v) is 0. The average Bonchev–Trinajstić information content (AvgIpc) is 1.89. The molecule has 0 aliphatic rings. The van der Waals surface area contributed by atoms with Crippen LogP contribution in [-0.4, -0.2) is 40.0 Å². The van der Waals surface area contributed by atoms with E-state index in [-0.39, 0.29) is 23.1 Å². The van der Waals surface area contributed by atoms with E-state index in [1.54, 1.807) is 0 Å². The van der Waals surface area contributed by atoms with Crippen molar-refractivity contribution in [2.24, 2.45) is 5.73 Å². The van der Waals surface area contributed by atoms with Gasteiger partial charge < -0.3 is 10.8 Å². The van der Waals surface area contributed by atoms with E-state index < -0.39 is 11.9 Å². The monoisotopic (exact) mass is 169 g/mol. The molecule has 11 heavy (non-hydrogen) atoms. The van der Waals surface area contributed by atoms with Crippen LogP contribution in [0.1, 0.15) is 0 Å². The topological polar surface area (TPSA) is 80.4 Å². The summed E-state index contributed by atoms with van der Waals surface area (Å²) in [7, 11) is 0. The van der Waals surface area contributed by atoms with Crippen LogP contribution in [0.3, 0.4) is 0 Å². The Morgan fingerprint density at radius 3 is 1.45 bits per heavy atom. The summed E-state index contributed by atoms with van der Waals surface area (Å²) in [6.07, 6.45) is 1.89. The third kappa shape index (κ3) is 46.7. The van der Waals surface area contributed by atoms with Gasteiger partial charge in [0.2, 0.25) is 5.91 Å². The zero-order valence-corrected chi connectivity index (χ0v) is 5.41. The number of aliphatic carboxylic acids is 1. The molecule has 60 valence electrons.